The molecule has 0 heterocycles. The summed E-state index contributed by atoms with van der Waals surface area (Å²) < 4.78 is 0. The van der Waals surface area contributed by atoms with Gasteiger partial charge in [0.2, 0.25) is 0 Å². The van der Waals surface area contributed by atoms with Crippen molar-refractivity contribution in [1.29, 1.82) is 0 Å². The van der Waals surface area contributed by atoms with Gasteiger partial charge in [-0.1, -0.05) is 224 Å². The third kappa shape index (κ3) is 5.20. The van der Waals surface area contributed by atoms with E-state index in [2.05, 4.69) is 266 Å². The maximum absolute atomic E-state index is 2.51. The van der Waals surface area contributed by atoms with E-state index in [1.165, 1.54) is 99.8 Å². The average molecular weight is 850 g/mol. The topological polar surface area (TPSA) is 3.24 Å². The number of hydrogen-bond acceptors (Lipinski definition) is 1. The van der Waals surface area contributed by atoms with E-state index in [1.807, 2.05) is 0 Å². The van der Waals surface area contributed by atoms with Gasteiger partial charge in [0, 0.05) is 16.8 Å². The van der Waals surface area contributed by atoms with Gasteiger partial charge in [-0.15, -0.1) is 0 Å². The van der Waals surface area contributed by atoms with E-state index in [4.69, 9.17) is 0 Å². The number of fused-ring (bicyclic) bond motifs is 17. The molecule has 0 bridgehead atoms. The summed E-state index contributed by atoms with van der Waals surface area (Å²) in [6.45, 7) is 0. The smallest absolute Gasteiger partial charge is 0.0720 e. The molecule has 11 aromatic rings. The Balaban J connectivity index is 0.958. The van der Waals surface area contributed by atoms with Gasteiger partial charge in [0.05, 0.1) is 16.5 Å². The molecule has 0 amide bonds. The average Bonchev–Trinajstić information content (AvgIpc) is 3.87. The SMILES string of the molecule is c1ccc(-c2cccc(N(c3ccc(-c4ccc5c(c4)C4(c6ccccc6-5)c5ccccc5C5(c6ccccc6-c6ccccc65)c5ccccc54)cc3)c3cccc4ccccc34)c2)cc1. The van der Waals surface area contributed by atoms with Crippen LogP contribution in [0.4, 0.5) is 17.1 Å². The molecular weight excluding hydrogens is 807 g/mol. The monoisotopic (exact) mass is 849 g/mol. The normalized spacial score (nSPS) is 13.9. The summed E-state index contributed by atoms with van der Waals surface area (Å²) in [7, 11) is 0. The number of benzene rings is 11. The van der Waals surface area contributed by atoms with Crippen molar-refractivity contribution in [2.75, 3.05) is 4.90 Å². The van der Waals surface area contributed by atoms with Crippen LogP contribution in [0.2, 0.25) is 0 Å². The zero-order valence-corrected chi connectivity index (χ0v) is 36.8. The van der Waals surface area contributed by atoms with E-state index in [1.54, 1.807) is 0 Å². The van der Waals surface area contributed by atoms with E-state index in [-0.39, 0.29) is 0 Å². The predicted molar refractivity (Wildman–Crippen MR) is 278 cm³/mol. The Morgan fingerprint density at radius 2 is 0.657 bits per heavy atom. The van der Waals surface area contributed by atoms with Crippen LogP contribution in [0.1, 0.15) is 44.5 Å². The third-order valence-corrected chi connectivity index (χ3v) is 15.1. The number of anilines is 3. The van der Waals surface area contributed by atoms with Gasteiger partial charge in [-0.25, -0.2) is 0 Å². The molecule has 0 aromatic heterocycles. The number of nitrogens with zero attached hydrogens (tertiary/aromatic N) is 1. The van der Waals surface area contributed by atoms with Crippen molar-refractivity contribution in [3.8, 4) is 44.5 Å². The van der Waals surface area contributed by atoms with Crippen molar-refractivity contribution in [3.63, 3.8) is 0 Å². The van der Waals surface area contributed by atoms with Gasteiger partial charge in [-0.2, -0.15) is 0 Å². The second-order valence-corrected chi connectivity index (χ2v) is 18.3. The molecule has 0 atom stereocenters. The highest BCUT2D eigenvalue weighted by atomic mass is 15.1. The third-order valence-electron chi connectivity index (χ3n) is 15.1. The van der Waals surface area contributed by atoms with Crippen LogP contribution in [0.5, 0.6) is 0 Å². The Hall–Kier alpha value is -8.52. The zero-order valence-electron chi connectivity index (χ0n) is 36.8. The zero-order chi connectivity index (χ0) is 44.1. The summed E-state index contributed by atoms with van der Waals surface area (Å²) in [5.74, 6) is 0. The second-order valence-electron chi connectivity index (χ2n) is 18.3. The van der Waals surface area contributed by atoms with Gasteiger partial charge in [-0.05, 0) is 131 Å². The summed E-state index contributed by atoms with van der Waals surface area (Å²) in [6.07, 6.45) is 0. The van der Waals surface area contributed by atoms with Crippen LogP contribution in [-0.2, 0) is 10.8 Å². The Bertz CT molecular complexity index is 3670. The van der Waals surface area contributed by atoms with Crippen LogP contribution in [0.25, 0.3) is 55.3 Å². The fraction of sp³-hybridized carbons (Fsp3) is 0.0303. The Morgan fingerprint density at radius 3 is 1.27 bits per heavy atom. The summed E-state index contributed by atoms with van der Waals surface area (Å²) in [5.41, 5.74) is 23.2. The standard InChI is InChI=1S/C66H43N/c1-2-18-44(19-3-1)47-22-16-23-50(42-47)67(64-35-17-21-46-20-4-5-24-51(46)64)49-39-36-45(37-40-49)48-38-41-55-54-27-8-11-30-58(54)66(63(55)43-48)61-33-14-12-31-59(61)65(60-32-13-15-34-62(60)66)56-28-9-6-25-52(56)53-26-7-10-29-57(53)65/h1-43H. The Kier molecular flexibility index (Phi) is 8.18. The van der Waals surface area contributed by atoms with Gasteiger partial charge >= 0.3 is 0 Å². The van der Waals surface area contributed by atoms with Crippen LogP contribution in [0.3, 0.4) is 0 Å². The summed E-state index contributed by atoms with van der Waals surface area (Å²) in [6, 6.07) is 97.5. The van der Waals surface area contributed by atoms with Crippen molar-refractivity contribution in [2.45, 2.75) is 10.8 Å². The molecule has 0 fully saturated rings. The Labute approximate surface area is 391 Å². The molecule has 1 nitrogen and oxygen atoms in total. The highest BCUT2D eigenvalue weighted by Crippen LogP contribution is 2.67. The molecule has 0 aliphatic heterocycles. The molecule has 0 N–H and O–H groups in total. The lowest BCUT2D eigenvalue weighted by atomic mass is 9.52. The number of hydrogen-bond donors (Lipinski definition) is 0. The van der Waals surface area contributed by atoms with E-state index < -0.39 is 10.8 Å². The minimum atomic E-state index is -0.540. The van der Waals surface area contributed by atoms with E-state index in [0.29, 0.717) is 0 Å². The van der Waals surface area contributed by atoms with Crippen LogP contribution >= 0.6 is 0 Å². The van der Waals surface area contributed by atoms with Gasteiger partial charge < -0.3 is 4.90 Å². The van der Waals surface area contributed by atoms with Gasteiger partial charge in [-0.3, -0.25) is 0 Å². The summed E-state index contributed by atoms with van der Waals surface area (Å²) in [4.78, 5) is 2.41. The molecule has 0 saturated carbocycles. The van der Waals surface area contributed by atoms with Crippen molar-refractivity contribution >= 4 is 27.8 Å². The van der Waals surface area contributed by atoms with Gasteiger partial charge in [0.1, 0.15) is 0 Å². The molecule has 11 aromatic carbocycles. The fourth-order valence-corrected chi connectivity index (χ4v) is 12.5. The first kappa shape index (κ1) is 37.8. The van der Waals surface area contributed by atoms with Crippen LogP contribution in [0, 0.1) is 0 Å². The lowest BCUT2D eigenvalue weighted by Gasteiger charge is -2.48. The first-order valence-electron chi connectivity index (χ1n) is 23.4. The molecule has 3 aliphatic carbocycles. The minimum Gasteiger partial charge on any atom is -0.310 e. The summed E-state index contributed by atoms with van der Waals surface area (Å²) >= 11 is 0. The molecule has 14 rings (SSSR count). The minimum absolute atomic E-state index is 0.465. The highest BCUT2D eigenvalue weighted by Gasteiger charge is 2.58. The van der Waals surface area contributed by atoms with E-state index in [0.717, 1.165) is 17.1 Å². The largest absolute Gasteiger partial charge is 0.310 e. The molecule has 0 radical (unpaired) electrons. The van der Waals surface area contributed by atoms with Crippen LogP contribution in [-0.4, -0.2) is 0 Å². The van der Waals surface area contributed by atoms with Crippen molar-refractivity contribution in [1.82, 2.24) is 0 Å². The van der Waals surface area contributed by atoms with Crippen molar-refractivity contribution < 1.29 is 0 Å². The molecule has 3 aliphatic rings. The molecule has 312 valence electrons. The first-order valence-corrected chi connectivity index (χ1v) is 23.4. The van der Waals surface area contributed by atoms with E-state index in [9.17, 15) is 0 Å². The van der Waals surface area contributed by atoms with Crippen LogP contribution in [0.15, 0.2) is 261 Å². The molecule has 67 heavy (non-hydrogen) atoms. The van der Waals surface area contributed by atoms with Crippen LogP contribution < -0.4 is 4.90 Å². The maximum Gasteiger partial charge on any atom is 0.0720 e. The van der Waals surface area contributed by atoms with Gasteiger partial charge in [0.25, 0.3) is 0 Å². The molecule has 0 saturated heterocycles. The summed E-state index contributed by atoms with van der Waals surface area (Å²) in [5, 5.41) is 2.43. The molecule has 1 heteroatoms. The lowest BCUT2D eigenvalue weighted by Crippen LogP contribution is -2.43. The maximum atomic E-state index is 2.51. The van der Waals surface area contributed by atoms with Gasteiger partial charge in [0.15, 0.2) is 0 Å². The lowest BCUT2D eigenvalue weighted by molar-refractivity contribution is 0.633. The fourth-order valence-electron chi connectivity index (χ4n) is 12.5. The predicted octanol–water partition coefficient (Wildman–Crippen LogP) is 16.7. The van der Waals surface area contributed by atoms with E-state index >= 15 is 0 Å². The molecular formula is C66H43N. The molecule has 0 unspecified atom stereocenters. The van der Waals surface area contributed by atoms with Crippen molar-refractivity contribution in [2.24, 2.45) is 0 Å². The second kappa shape index (κ2) is 14.5. The quantitative estimate of drug-likeness (QED) is 0.167. The van der Waals surface area contributed by atoms with Crippen molar-refractivity contribution in [3.05, 3.63) is 305 Å². The number of rotatable bonds is 5. The Morgan fingerprint density at radius 1 is 0.239 bits per heavy atom. The molecule has 2 spiro atoms. The highest BCUT2D eigenvalue weighted by molar-refractivity contribution is 6.00. The first-order chi connectivity index (χ1) is 33.2.